The molecule has 0 unspecified atom stereocenters. The zero-order valence-corrected chi connectivity index (χ0v) is 16.0. The molecule has 2 aromatic heterocycles. The molecule has 0 saturated carbocycles. The predicted octanol–water partition coefficient (Wildman–Crippen LogP) is 2.81. The van der Waals surface area contributed by atoms with Crippen LogP contribution in [0.3, 0.4) is 0 Å². The Morgan fingerprint density at radius 1 is 1.31 bits per heavy atom. The minimum absolute atomic E-state index is 0.0783. The predicted molar refractivity (Wildman–Crippen MR) is 107 cm³/mol. The summed E-state index contributed by atoms with van der Waals surface area (Å²) in [5, 5.41) is 14.2. The molecule has 0 radical (unpaired) electrons. The molecular formula is C20H20N4O5. The zero-order chi connectivity index (χ0) is 20.6. The van der Waals surface area contributed by atoms with E-state index in [9.17, 15) is 14.9 Å². The molecule has 4 rings (SSSR count). The Balaban J connectivity index is 1.49. The minimum atomic E-state index is -0.736. The largest absolute Gasteiger partial charge is 0.488 e. The monoisotopic (exact) mass is 396 g/mol. The summed E-state index contributed by atoms with van der Waals surface area (Å²) in [7, 11) is 0. The molecule has 3 heterocycles. The van der Waals surface area contributed by atoms with E-state index in [1.54, 1.807) is 18.2 Å². The fourth-order valence-electron chi connectivity index (χ4n) is 3.40. The van der Waals surface area contributed by atoms with Crippen molar-refractivity contribution in [2.24, 2.45) is 0 Å². The summed E-state index contributed by atoms with van der Waals surface area (Å²) in [4.78, 5) is 27.3. The average Bonchev–Trinajstić information content (AvgIpc) is 2.99. The lowest BCUT2D eigenvalue weighted by Crippen LogP contribution is -2.25. The smallest absolute Gasteiger partial charge is 0.376 e. The van der Waals surface area contributed by atoms with Gasteiger partial charge in [-0.3, -0.25) is 19.3 Å². The van der Waals surface area contributed by atoms with Gasteiger partial charge in [-0.05, 0) is 32.0 Å². The van der Waals surface area contributed by atoms with Gasteiger partial charge in [0.05, 0.1) is 11.5 Å². The van der Waals surface area contributed by atoms with Gasteiger partial charge in [-0.15, -0.1) is 0 Å². The molecule has 0 spiro atoms. The molecule has 0 atom stereocenters. The first-order valence-corrected chi connectivity index (χ1v) is 9.19. The second-order valence-corrected chi connectivity index (χ2v) is 7.36. The lowest BCUT2D eigenvalue weighted by atomic mass is 10.0. The number of para-hydroxylation sites is 1. The first-order chi connectivity index (χ1) is 13.9. The van der Waals surface area contributed by atoms with Crippen LogP contribution in [0.2, 0.25) is 0 Å². The maximum Gasteiger partial charge on any atom is 0.376 e. The first-order valence-electron chi connectivity index (χ1n) is 9.19. The Kier molecular flexibility index (Phi) is 4.57. The first kappa shape index (κ1) is 18.7. The number of hydrogen-bond acceptors (Lipinski definition) is 7. The van der Waals surface area contributed by atoms with Crippen LogP contribution in [-0.2, 0) is 6.42 Å². The van der Waals surface area contributed by atoms with Crippen molar-refractivity contribution in [3.8, 4) is 11.5 Å². The fourth-order valence-corrected chi connectivity index (χ4v) is 3.40. The molecule has 1 aliphatic heterocycles. The Labute approximate surface area is 166 Å². The molecule has 0 saturated heterocycles. The normalized spacial score (nSPS) is 14.3. The van der Waals surface area contributed by atoms with Gasteiger partial charge < -0.3 is 14.8 Å². The quantitative estimate of drug-likeness (QED) is 0.388. The standard InChI is InChI=1S/C20H20N4O5/c1-20(2)12-13-6-5-7-14(17(13)29-20)28-11-9-21-18-16(24(26)27)19(25)23-10-4-3-8-15(23)22-18/h3-8,10,21H,9,11-12H2,1-2H3. The molecule has 0 fully saturated rings. The number of pyridine rings is 1. The Morgan fingerprint density at radius 2 is 2.14 bits per heavy atom. The number of benzene rings is 1. The summed E-state index contributed by atoms with van der Waals surface area (Å²) < 4.78 is 12.9. The number of anilines is 1. The van der Waals surface area contributed by atoms with Crippen molar-refractivity contribution in [1.82, 2.24) is 9.38 Å². The highest BCUT2D eigenvalue weighted by Gasteiger charge is 2.32. The van der Waals surface area contributed by atoms with Crippen molar-refractivity contribution in [2.75, 3.05) is 18.5 Å². The highest BCUT2D eigenvalue weighted by Crippen LogP contribution is 2.41. The SMILES string of the molecule is CC1(C)Cc2cccc(OCCNc3nc4ccccn4c(=O)c3[N+](=O)[O-])c2O1. The van der Waals surface area contributed by atoms with Crippen LogP contribution in [0.25, 0.3) is 5.65 Å². The summed E-state index contributed by atoms with van der Waals surface area (Å²) in [6.45, 7) is 4.47. The van der Waals surface area contributed by atoms with E-state index in [4.69, 9.17) is 9.47 Å². The number of hydrogen-bond donors (Lipinski definition) is 1. The molecule has 150 valence electrons. The summed E-state index contributed by atoms with van der Waals surface area (Å²) in [5.74, 6) is 1.27. The van der Waals surface area contributed by atoms with Crippen molar-refractivity contribution in [1.29, 1.82) is 0 Å². The van der Waals surface area contributed by atoms with Gasteiger partial charge >= 0.3 is 11.2 Å². The third kappa shape index (κ3) is 3.58. The number of nitrogens with one attached hydrogen (secondary N) is 1. The number of rotatable bonds is 6. The van der Waals surface area contributed by atoms with E-state index < -0.39 is 16.2 Å². The van der Waals surface area contributed by atoms with Crippen molar-refractivity contribution in [3.05, 3.63) is 68.6 Å². The number of ether oxygens (including phenoxy) is 2. The van der Waals surface area contributed by atoms with E-state index in [1.807, 2.05) is 32.0 Å². The second kappa shape index (κ2) is 7.08. The number of fused-ring (bicyclic) bond motifs is 2. The summed E-state index contributed by atoms with van der Waals surface area (Å²) in [6, 6.07) is 10.7. The Morgan fingerprint density at radius 3 is 2.93 bits per heavy atom. The molecular weight excluding hydrogens is 376 g/mol. The highest BCUT2D eigenvalue weighted by atomic mass is 16.6. The van der Waals surface area contributed by atoms with Crippen LogP contribution in [0.1, 0.15) is 19.4 Å². The summed E-state index contributed by atoms with van der Waals surface area (Å²) >= 11 is 0. The molecule has 0 amide bonds. The van der Waals surface area contributed by atoms with Gasteiger partial charge in [-0.25, -0.2) is 4.98 Å². The lowest BCUT2D eigenvalue weighted by molar-refractivity contribution is -0.385. The summed E-state index contributed by atoms with van der Waals surface area (Å²) in [5.41, 5.74) is -0.207. The number of aromatic nitrogens is 2. The second-order valence-electron chi connectivity index (χ2n) is 7.36. The van der Waals surface area contributed by atoms with Gasteiger partial charge in [0, 0.05) is 18.2 Å². The molecule has 1 aromatic carbocycles. The van der Waals surface area contributed by atoms with E-state index in [-0.39, 0.29) is 24.6 Å². The Bertz CT molecular complexity index is 1160. The summed E-state index contributed by atoms with van der Waals surface area (Å²) in [6.07, 6.45) is 2.25. The third-order valence-electron chi connectivity index (χ3n) is 4.60. The van der Waals surface area contributed by atoms with Gasteiger partial charge in [-0.2, -0.15) is 0 Å². The topological polar surface area (TPSA) is 108 Å². The van der Waals surface area contributed by atoms with Crippen LogP contribution < -0.4 is 20.3 Å². The molecule has 29 heavy (non-hydrogen) atoms. The molecule has 1 N–H and O–H groups in total. The molecule has 0 bridgehead atoms. The van der Waals surface area contributed by atoms with Gasteiger partial charge in [0.1, 0.15) is 17.9 Å². The van der Waals surface area contributed by atoms with Gasteiger partial charge in [0.15, 0.2) is 11.5 Å². The average molecular weight is 396 g/mol. The van der Waals surface area contributed by atoms with Gasteiger partial charge in [0.2, 0.25) is 5.82 Å². The van der Waals surface area contributed by atoms with Crippen molar-refractivity contribution >= 4 is 17.2 Å². The van der Waals surface area contributed by atoms with Crippen molar-refractivity contribution in [3.63, 3.8) is 0 Å². The van der Waals surface area contributed by atoms with Crippen LogP contribution in [0, 0.1) is 10.1 Å². The molecule has 3 aromatic rings. The van der Waals surface area contributed by atoms with Crippen LogP contribution in [-0.4, -0.2) is 33.1 Å². The van der Waals surface area contributed by atoms with Crippen molar-refractivity contribution in [2.45, 2.75) is 25.9 Å². The van der Waals surface area contributed by atoms with Crippen LogP contribution in [0.15, 0.2) is 47.4 Å². The fraction of sp³-hybridized carbons (Fsp3) is 0.300. The minimum Gasteiger partial charge on any atom is -0.488 e. The van der Waals surface area contributed by atoms with Gasteiger partial charge in [-0.1, -0.05) is 18.2 Å². The van der Waals surface area contributed by atoms with E-state index in [1.165, 1.54) is 6.20 Å². The van der Waals surface area contributed by atoms with E-state index >= 15 is 0 Å². The zero-order valence-electron chi connectivity index (χ0n) is 16.0. The van der Waals surface area contributed by atoms with Crippen LogP contribution in [0.5, 0.6) is 11.5 Å². The molecule has 0 aliphatic carbocycles. The van der Waals surface area contributed by atoms with Gasteiger partial charge in [0.25, 0.3) is 0 Å². The molecule has 9 heteroatoms. The van der Waals surface area contributed by atoms with Crippen LogP contribution in [0.4, 0.5) is 11.5 Å². The molecule has 9 nitrogen and oxygen atoms in total. The van der Waals surface area contributed by atoms with Crippen LogP contribution >= 0.6 is 0 Å². The van der Waals surface area contributed by atoms with E-state index in [0.717, 1.165) is 22.1 Å². The highest BCUT2D eigenvalue weighted by molar-refractivity contribution is 5.59. The van der Waals surface area contributed by atoms with E-state index in [2.05, 4.69) is 10.3 Å². The lowest BCUT2D eigenvalue weighted by Gasteiger charge is -2.18. The Hall–Kier alpha value is -3.62. The third-order valence-corrected chi connectivity index (χ3v) is 4.60. The molecule has 1 aliphatic rings. The maximum atomic E-state index is 12.4. The number of nitrogens with zero attached hydrogens (tertiary/aromatic N) is 3. The van der Waals surface area contributed by atoms with Crippen molar-refractivity contribution < 1.29 is 14.4 Å². The number of nitro groups is 1. The van der Waals surface area contributed by atoms with E-state index in [0.29, 0.717) is 11.4 Å². The maximum absolute atomic E-state index is 12.4.